The number of carbonyl (C=O) groups is 1. The molecule has 1 amide bonds. The first-order chi connectivity index (χ1) is 13.3. The Morgan fingerprint density at radius 3 is 2.19 bits per heavy atom. The number of hydrogen-bond donors (Lipinski definition) is 1. The van der Waals surface area contributed by atoms with Gasteiger partial charge < -0.3 is 5.32 Å². The van der Waals surface area contributed by atoms with Crippen LogP contribution in [0.15, 0.2) is 24.3 Å². The lowest BCUT2D eigenvalue weighted by Crippen LogP contribution is -2.23. The molecule has 0 aliphatic carbocycles. The Hall–Kier alpha value is -1.49. The highest BCUT2D eigenvalue weighted by molar-refractivity contribution is 5.75. The molecule has 0 saturated heterocycles. The molecule has 0 spiro atoms. The molecular weight excluding hydrogens is 330 g/mol. The number of amides is 1. The van der Waals surface area contributed by atoms with Crippen molar-refractivity contribution in [1.29, 1.82) is 0 Å². The quantitative estimate of drug-likeness (QED) is 0.146. The first-order valence-corrected chi connectivity index (χ1v) is 11.3. The average Bonchev–Trinajstić information content (AvgIpc) is 2.67. The van der Waals surface area contributed by atoms with Gasteiger partial charge >= 0.3 is 0 Å². The van der Waals surface area contributed by atoms with Gasteiger partial charge in [0.1, 0.15) is 0 Å². The largest absolute Gasteiger partial charge is 0.356 e. The zero-order valence-electron chi connectivity index (χ0n) is 17.8. The minimum atomic E-state index is 0.237. The molecule has 0 radical (unpaired) electrons. The number of terminal acetylenes is 1. The fraction of sp³-hybridized carbons (Fsp3) is 0.720. The topological polar surface area (TPSA) is 29.1 Å². The smallest absolute Gasteiger partial charge is 0.219 e. The summed E-state index contributed by atoms with van der Waals surface area (Å²) in [6.07, 6.45) is 32.4. The van der Waals surface area contributed by atoms with Crippen molar-refractivity contribution in [3.63, 3.8) is 0 Å². The van der Waals surface area contributed by atoms with Crippen LogP contribution in [0.3, 0.4) is 0 Å². The summed E-state index contributed by atoms with van der Waals surface area (Å²) < 4.78 is 0. The maximum absolute atomic E-state index is 11.7. The Balaban J connectivity index is 3.26. The monoisotopic (exact) mass is 373 g/mol. The van der Waals surface area contributed by atoms with E-state index < -0.39 is 0 Å². The van der Waals surface area contributed by atoms with E-state index >= 15 is 0 Å². The summed E-state index contributed by atoms with van der Waals surface area (Å²) in [7, 11) is 0. The van der Waals surface area contributed by atoms with Crippen LogP contribution in [0.2, 0.25) is 0 Å². The summed E-state index contributed by atoms with van der Waals surface area (Å²) in [5, 5.41) is 3.05. The lowest BCUT2D eigenvalue weighted by Gasteiger charge is -2.05. The second kappa shape index (κ2) is 22.6. The number of hydrogen-bond acceptors (Lipinski definition) is 1. The summed E-state index contributed by atoms with van der Waals surface area (Å²) in [4.78, 5) is 11.7. The van der Waals surface area contributed by atoms with E-state index in [2.05, 4.69) is 42.5 Å². The third-order valence-corrected chi connectivity index (χ3v) is 4.67. The van der Waals surface area contributed by atoms with Crippen LogP contribution in [-0.4, -0.2) is 12.5 Å². The highest BCUT2D eigenvalue weighted by Gasteiger charge is 2.00. The Labute approximate surface area is 169 Å². The zero-order chi connectivity index (χ0) is 19.8. The molecule has 0 aliphatic rings. The second-order valence-corrected chi connectivity index (χ2v) is 7.35. The minimum Gasteiger partial charge on any atom is -0.356 e. The van der Waals surface area contributed by atoms with Gasteiger partial charge in [0.05, 0.1) is 0 Å². The van der Waals surface area contributed by atoms with Crippen LogP contribution in [-0.2, 0) is 4.79 Å². The normalized spacial score (nSPS) is 11.3. The van der Waals surface area contributed by atoms with Gasteiger partial charge in [0.2, 0.25) is 5.91 Å². The number of allylic oxidation sites excluding steroid dienone is 4. The van der Waals surface area contributed by atoms with Crippen LogP contribution in [0.5, 0.6) is 0 Å². The van der Waals surface area contributed by atoms with Gasteiger partial charge in [0, 0.05) is 19.4 Å². The molecule has 0 aromatic carbocycles. The molecule has 0 heterocycles. The highest BCUT2D eigenvalue weighted by Crippen LogP contribution is 2.08. The summed E-state index contributed by atoms with van der Waals surface area (Å²) in [5.41, 5.74) is 0. The van der Waals surface area contributed by atoms with E-state index in [1.165, 1.54) is 57.8 Å². The molecule has 0 aromatic heterocycles. The molecule has 0 fully saturated rings. The van der Waals surface area contributed by atoms with Crippen molar-refractivity contribution in [1.82, 2.24) is 5.32 Å². The van der Waals surface area contributed by atoms with Gasteiger partial charge in [-0.15, -0.1) is 12.3 Å². The van der Waals surface area contributed by atoms with Crippen molar-refractivity contribution < 1.29 is 4.79 Å². The summed E-state index contributed by atoms with van der Waals surface area (Å²) in [5.74, 6) is 2.90. The van der Waals surface area contributed by atoms with Gasteiger partial charge in [-0.05, 0) is 44.9 Å². The molecule has 0 rings (SSSR count). The molecule has 2 nitrogen and oxygen atoms in total. The van der Waals surface area contributed by atoms with Gasteiger partial charge in [0.25, 0.3) is 0 Å². The summed E-state index contributed by atoms with van der Waals surface area (Å²) >= 11 is 0. The molecule has 0 atom stereocenters. The van der Waals surface area contributed by atoms with E-state index in [9.17, 15) is 4.79 Å². The Bertz CT molecular complexity index is 417. The van der Waals surface area contributed by atoms with Crippen molar-refractivity contribution in [2.45, 2.75) is 110 Å². The van der Waals surface area contributed by atoms with Crippen molar-refractivity contribution in [2.75, 3.05) is 6.54 Å². The molecule has 0 saturated carbocycles. The molecule has 0 aliphatic heterocycles. The van der Waals surface area contributed by atoms with Crippen molar-refractivity contribution in [3.05, 3.63) is 24.3 Å². The SMILES string of the molecule is C#CCCC/C=C\C/C=C\CCCCCCCC(=O)NCCCCCCC. The first-order valence-electron chi connectivity index (χ1n) is 11.3. The van der Waals surface area contributed by atoms with E-state index in [1.54, 1.807) is 0 Å². The number of unbranched alkanes of at least 4 members (excludes halogenated alkanes) is 11. The van der Waals surface area contributed by atoms with Gasteiger partial charge in [0.15, 0.2) is 0 Å². The number of rotatable bonds is 19. The molecule has 2 heteroatoms. The van der Waals surface area contributed by atoms with Crippen LogP contribution in [0, 0.1) is 12.3 Å². The van der Waals surface area contributed by atoms with E-state index in [0.717, 1.165) is 45.1 Å². The predicted octanol–water partition coefficient (Wildman–Crippen LogP) is 7.11. The zero-order valence-corrected chi connectivity index (χ0v) is 17.8. The standard InChI is InChI=1S/C25H43NO/c1-3-5-7-9-10-11-12-13-14-15-16-17-18-19-21-23-25(27)26-24-22-20-8-6-4-2/h1,10-11,13-14H,4-9,12,15-24H2,2H3,(H,26,27)/b11-10-,14-13-. The summed E-state index contributed by atoms with van der Waals surface area (Å²) in [6, 6.07) is 0. The van der Waals surface area contributed by atoms with Crippen molar-refractivity contribution in [3.8, 4) is 12.3 Å². The van der Waals surface area contributed by atoms with E-state index in [1.807, 2.05) is 0 Å². The Morgan fingerprint density at radius 1 is 0.815 bits per heavy atom. The number of carbonyl (C=O) groups excluding carboxylic acids is 1. The number of nitrogens with one attached hydrogen (secondary N) is 1. The molecule has 1 N–H and O–H groups in total. The predicted molar refractivity (Wildman–Crippen MR) is 120 cm³/mol. The van der Waals surface area contributed by atoms with Crippen LogP contribution in [0.1, 0.15) is 110 Å². The van der Waals surface area contributed by atoms with E-state index in [0.29, 0.717) is 6.42 Å². The molecule has 27 heavy (non-hydrogen) atoms. The fourth-order valence-corrected chi connectivity index (χ4v) is 2.95. The lowest BCUT2D eigenvalue weighted by molar-refractivity contribution is -0.121. The van der Waals surface area contributed by atoms with Crippen LogP contribution >= 0.6 is 0 Å². The molecule has 0 aromatic rings. The maximum atomic E-state index is 11.7. The lowest BCUT2D eigenvalue weighted by atomic mass is 10.1. The first kappa shape index (κ1) is 25.5. The van der Waals surface area contributed by atoms with Gasteiger partial charge in [-0.3, -0.25) is 4.79 Å². The molecule has 0 unspecified atom stereocenters. The van der Waals surface area contributed by atoms with E-state index in [4.69, 9.17) is 6.42 Å². The molecule has 154 valence electrons. The van der Waals surface area contributed by atoms with Gasteiger partial charge in [-0.1, -0.05) is 76.2 Å². The van der Waals surface area contributed by atoms with Crippen LogP contribution < -0.4 is 5.32 Å². The van der Waals surface area contributed by atoms with E-state index in [-0.39, 0.29) is 5.91 Å². The minimum absolute atomic E-state index is 0.237. The van der Waals surface area contributed by atoms with Gasteiger partial charge in [-0.2, -0.15) is 0 Å². The summed E-state index contributed by atoms with van der Waals surface area (Å²) in [6.45, 7) is 3.08. The Kier molecular flexibility index (Phi) is 21.3. The fourth-order valence-electron chi connectivity index (χ4n) is 2.95. The second-order valence-electron chi connectivity index (χ2n) is 7.35. The molecule has 0 bridgehead atoms. The maximum Gasteiger partial charge on any atom is 0.219 e. The van der Waals surface area contributed by atoms with Crippen molar-refractivity contribution in [2.24, 2.45) is 0 Å². The van der Waals surface area contributed by atoms with Crippen molar-refractivity contribution >= 4 is 5.91 Å². The Morgan fingerprint density at radius 2 is 1.44 bits per heavy atom. The average molecular weight is 374 g/mol. The van der Waals surface area contributed by atoms with Crippen LogP contribution in [0.4, 0.5) is 0 Å². The van der Waals surface area contributed by atoms with Gasteiger partial charge in [-0.25, -0.2) is 0 Å². The third kappa shape index (κ3) is 22.5. The highest BCUT2D eigenvalue weighted by atomic mass is 16.1. The van der Waals surface area contributed by atoms with Crippen LogP contribution in [0.25, 0.3) is 0 Å². The third-order valence-electron chi connectivity index (χ3n) is 4.67. The molecular formula is C25H43NO.